The Morgan fingerprint density at radius 1 is 1.09 bits per heavy atom. The van der Waals surface area contributed by atoms with Crippen LogP contribution in [0.2, 0.25) is 0 Å². The van der Waals surface area contributed by atoms with Gasteiger partial charge in [-0.15, -0.1) is 0 Å². The van der Waals surface area contributed by atoms with Crippen LogP contribution in [0.1, 0.15) is 31.9 Å². The van der Waals surface area contributed by atoms with Gasteiger partial charge in [-0.25, -0.2) is 0 Å². The first kappa shape index (κ1) is 16.9. The van der Waals surface area contributed by atoms with Crippen molar-refractivity contribution in [1.29, 1.82) is 0 Å². The van der Waals surface area contributed by atoms with Crippen molar-refractivity contribution in [3.63, 3.8) is 0 Å². The van der Waals surface area contributed by atoms with Crippen molar-refractivity contribution < 1.29 is 14.3 Å². The fraction of sp³-hybridized carbons (Fsp3) is 0.316. The lowest BCUT2D eigenvalue weighted by atomic mass is 10.1. The minimum Gasteiger partial charge on any atom is -0.497 e. The van der Waals surface area contributed by atoms with Crippen LogP contribution in [0.5, 0.6) is 11.5 Å². The van der Waals surface area contributed by atoms with E-state index >= 15 is 0 Å². The van der Waals surface area contributed by atoms with E-state index in [1.807, 2.05) is 62.4 Å². The van der Waals surface area contributed by atoms with E-state index in [2.05, 4.69) is 5.32 Å². The number of benzene rings is 2. The van der Waals surface area contributed by atoms with Gasteiger partial charge in [0.25, 0.3) is 5.91 Å². The zero-order valence-corrected chi connectivity index (χ0v) is 13.8. The van der Waals surface area contributed by atoms with Crippen LogP contribution in [0.15, 0.2) is 54.6 Å². The van der Waals surface area contributed by atoms with Crippen molar-refractivity contribution in [3.05, 3.63) is 60.2 Å². The van der Waals surface area contributed by atoms with E-state index in [4.69, 9.17) is 9.47 Å². The molecule has 4 heteroatoms. The van der Waals surface area contributed by atoms with Crippen LogP contribution in [0, 0.1) is 0 Å². The lowest BCUT2D eigenvalue weighted by Gasteiger charge is -2.21. The molecule has 0 bridgehead atoms. The van der Waals surface area contributed by atoms with Crippen molar-refractivity contribution in [1.82, 2.24) is 5.32 Å². The standard InChI is InChI=1S/C19H23NO3/c1-4-18(23-17-12-8-11-16(13-17)22-3)19(21)20-14(2)15-9-6-5-7-10-15/h5-14,18H,4H2,1-3H3,(H,20,21). The van der Waals surface area contributed by atoms with Gasteiger partial charge < -0.3 is 14.8 Å². The number of ether oxygens (including phenoxy) is 2. The molecule has 0 aliphatic heterocycles. The van der Waals surface area contributed by atoms with Gasteiger partial charge in [-0.05, 0) is 31.0 Å². The zero-order chi connectivity index (χ0) is 16.7. The molecular formula is C19H23NO3. The van der Waals surface area contributed by atoms with Crippen LogP contribution in [0.25, 0.3) is 0 Å². The molecule has 1 N–H and O–H groups in total. The molecule has 122 valence electrons. The Bertz CT molecular complexity index is 628. The second-order valence-corrected chi connectivity index (χ2v) is 5.33. The van der Waals surface area contributed by atoms with Crippen molar-refractivity contribution >= 4 is 5.91 Å². The summed E-state index contributed by atoms with van der Waals surface area (Å²) in [5.41, 5.74) is 1.07. The van der Waals surface area contributed by atoms with Gasteiger partial charge in [-0.2, -0.15) is 0 Å². The topological polar surface area (TPSA) is 47.6 Å². The SMILES string of the molecule is CCC(Oc1cccc(OC)c1)C(=O)NC(C)c1ccccc1. The molecule has 0 spiro atoms. The van der Waals surface area contributed by atoms with Crippen molar-refractivity contribution in [2.24, 2.45) is 0 Å². The Balaban J connectivity index is 2.00. The van der Waals surface area contributed by atoms with E-state index in [1.165, 1.54) is 0 Å². The van der Waals surface area contributed by atoms with E-state index in [-0.39, 0.29) is 11.9 Å². The first-order valence-corrected chi connectivity index (χ1v) is 7.80. The summed E-state index contributed by atoms with van der Waals surface area (Å²) < 4.78 is 11.0. The molecular weight excluding hydrogens is 290 g/mol. The summed E-state index contributed by atoms with van der Waals surface area (Å²) in [6, 6.07) is 17.1. The summed E-state index contributed by atoms with van der Waals surface area (Å²) in [7, 11) is 1.60. The van der Waals surface area contributed by atoms with Gasteiger partial charge in [0.1, 0.15) is 11.5 Å². The highest BCUT2D eigenvalue weighted by Crippen LogP contribution is 2.21. The maximum Gasteiger partial charge on any atom is 0.261 e. The van der Waals surface area contributed by atoms with Crippen LogP contribution in [0.3, 0.4) is 0 Å². The number of rotatable bonds is 7. The summed E-state index contributed by atoms with van der Waals surface area (Å²) in [5.74, 6) is 1.21. The van der Waals surface area contributed by atoms with Crippen LogP contribution < -0.4 is 14.8 Å². The highest BCUT2D eigenvalue weighted by Gasteiger charge is 2.20. The quantitative estimate of drug-likeness (QED) is 0.847. The van der Waals surface area contributed by atoms with E-state index in [0.29, 0.717) is 17.9 Å². The van der Waals surface area contributed by atoms with Gasteiger partial charge in [0.15, 0.2) is 6.10 Å². The number of nitrogens with one attached hydrogen (secondary N) is 1. The minimum absolute atomic E-state index is 0.0633. The first-order chi connectivity index (χ1) is 11.1. The third-order valence-corrected chi connectivity index (χ3v) is 3.64. The Labute approximate surface area is 137 Å². The highest BCUT2D eigenvalue weighted by molar-refractivity contribution is 5.81. The molecule has 4 nitrogen and oxygen atoms in total. The minimum atomic E-state index is -0.534. The molecule has 2 atom stereocenters. The molecule has 0 heterocycles. The molecule has 0 radical (unpaired) electrons. The second-order valence-electron chi connectivity index (χ2n) is 5.33. The van der Waals surface area contributed by atoms with Gasteiger partial charge in [-0.3, -0.25) is 4.79 Å². The van der Waals surface area contributed by atoms with E-state index in [1.54, 1.807) is 13.2 Å². The molecule has 0 aromatic heterocycles. The predicted octanol–water partition coefficient (Wildman–Crippen LogP) is 3.73. The van der Waals surface area contributed by atoms with Crippen molar-refractivity contribution in [2.75, 3.05) is 7.11 Å². The van der Waals surface area contributed by atoms with Crippen LogP contribution in [-0.4, -0.2) is 19.1 Å². The molecule has 0 saturated carbocycles. The lowest BCUT2D eigenvalue weighted by Crippen LogP contribution is -2.39. The van der Waals surface area contributed by atoms with E-state index in [0.717, 1.165) is 5.56 Å². The van der Waals surface area contributed by atoms with E-state index in [9.17, 15) is 4.79 Å². The maximum atomic E-state index is 12.4. The van der Waals surface area contributed by atoms with Crippen LogP contribution in [-0.2, 0) is 4.79 Å². The molecule has 1 amide bonds. The van der Waals surface area contributed by atoms with Gasteiger partial charge in [-0.1, -0.05) is 43.3 Å². The zero-order valence-electron chi connectivity index (χ0n) is 13.8. The maximum absolute atomic E-state index is 12.4. The van der Waals surface area contributed by atoms with Gasteiger partial charge in [0, 0.05) is 6.07 Å². The molecule has 23 heavy (non-hydrogen) atoms. The number of carbonyl (C=O) groups is 1. The summed E-state index contributed by atoms with van der Waals surface area (Å²) >= 11 is 0. The Kier molecular flexibility index (Phi) is 6.03. The lowest BCUT2D eigenvalue weighted by molar-refractivity contribution is -0.128. The largest absolute Gasteiger partial charge is 0.497 e. The summed E-state index contributed by atoms with van der Waals surface area (Å²) in [6.45, 7) is 3.89. The summed E-state index contributed by atoms with van der Waals surface area (Å²) in [4.78, 5) is 12.4. The van der Waals surface area contributed by atoms with Crippen LogP contribution >= 0.6 is 0 Å². The normalized spacial score (nSPS) is 13.0. The molecule has 2 unspecified atom stereocenters. The number of amides is 1. The monoisotopic (exact) mass is 313 g/mol. The van der Waals surface area contributed by atoms with Gasteiger partial charge >= 0.3 is 0 Å². The smallest absolute Gasteiger partial charge is 0.261 e. The fourth-order valence-corrected chi connectivity index (χ4v) is 2.29. The number of carbonyl (C=O) groups excluding carboxylic acids is 1. The second kappa shape index (κ2) is 8.22. The van der Waals surface area contributed by atoms with Crippen LogP contribution in [0.4, 0.5) is 0 Å². The fourth-order valence-electron chi connectivity index (χ4n) is 2.29. The average Bonchev–Trinajstić information content (AvgIpc) is 2.60. The Morgan fingerprint density at radius 3 is 2.43 bits per heavy atom. The van der Waals surface area contributed by atoms with Gasteiger partial charge in [0.2, 0.25) is 0 Å². The highest BCUT2D eigenvalue weighted by atomic mass is 16.5. The van der Waals surface area contributed by atoms with Crippen molar-refractivity contribution in [2.45, 2.75) is 32.4 Å². The number of methoxy groups -OCH3 is 1. The molecule has 0 aliphatic carbocycles. The summed E-state index contributed by atoms with van der Waals surface area (Å²) in [6.07, 6.45) is 0.0538. The first-order valence-electron chi connectivity index (χ1n) is 7.80. The van der Waals surface area contributed by atoms with E-state index < -0.39 is 6.10 Å². The van der Waals surface area contributed by atoms with Gasteiger partial charge in [0.05, 0.1) is 13.2 Å². The molecule has 0 saturated heterocycles. The number of hydrogen-bond acceptors (Lipinski definition) is 3. The predicted molar refractivity (Wildman–Crippen MR) is 90.7 cm³/mol. The molecule has 2 aromatic carbocycles. The Hall–Kier alpha value is -2.49. The van der Waals surface area contributed by atoms with Crippen molar-refractivity contribution in [3.8, 4) is 11.5 Å². The molecule has 0 aliphatic rings. The number of hydrogen-bond donors (Lipinski definition) is 1. The third-order valence-electron chi connectivity index (χ3n) is 3.64. The Morgan fingerprint density at radius 2 is 1.78 bits per heavy atom. The average molecular weight is 313 g/mol. The molecule has 2 aromatic rings. The molecule has 0 fully saturated rings. The summed E-state index contributed by atoms with van der Waals surface area (Å²) in [5, 5.41) is 3.00. The molecule has 2 rings (SSSR count). The third kappa shape index (κ3) is 4.74.